The van der Waals surface area contributed by atoms with Crippen LogP contribution < -0.4 is 4.74 Å². The van der Waals surface area contributed by atoms with Crippen LogP contribution in [0.3, 0.4) is 0 Å². The van der Waals surface area contributed by atoms with Crippen LogP contribution in [0.5, 0.6) is 5.75 Å². The van der Waals surface area contributed by atoms with Gasteiger partial charge in [0, 0.05) is 37.7 Å². The Hall–Kier alpha value is -2.87. The van der Waals surface area contributed by atoms with Crippen molar-refractivity contribution in [1.29, 1.82) is 0 Å². The number of amides is 1. The van der Waals surface area contributed by atoms with Crippen molar-refractivity contribution in [1.82, 2.24) is 19.4 Å². The van der Waals surface area contributed by atoms with Crippen LogP contribution in [-0.4, -0.2) is 52.3 Å². The van der Waals surface area contributed by atoms with E-state index in [0.717, 1.165) is 39.9 Å². The average Bonchev–Trinajstić information content (AvgIpc) is 3.43. The number of rotatable bonds is 5. The van der Waals surface area contributed by atoms with E-state index < -0.39 is 0 Å². The Kier molecular flexibility index (Phi) is 5.80. The molecule has 1 saturated heterocycles. The Morgan fingerprint density at radius 2 is 2.03 bits per heavy atom. The van der Waals surface area contributed by atoms with Gasteiger partial charge in [0.1, 0.15) is 10.8 Å². The van der Waals surface area contributed by atoms with Crippen LogP contribution in [0.2, 0.25) is 0 Å². The summed E-state index contributed by atoms with van der Waals surface area (Å²) < 4.78 is 12.8. The third-order valence-electron chi connectivity index (χ3n) is 5.12. The standard InChI is InChI=1S/C21H24N4O3S/c1-3-28-21(26)24-11-8-15(9-12-24)25-13-10-22-19(25)18-14-23-20(29-18)16-6-4-5-7-17(16)27-2/h4-7,10,13-15H,3,8-9,11-12H2,1-2H3. The van der Waals surface area contributed by atoms with E-state index in [1.165, 1.54) is 0 Å². The Labute approximate surface area is 173 Å². The lowest BCUT2D eigenvalue weighted by Crippen LogP contribution is -2.39. The number of carbonyl (C=O) groups is 1. The highest BCUT2D eigenvalue weighted by atomic mass is 32.1. The van der Waals surface area contributed by atoms with Crippen molar-refractivity contribution in [2.45, 2.75) is 25.8 Å². The number of benzene rings is 1. The molecule has 1 fully saturated rings. The number of hydrogen-bond acceptors (Lipinski definition) is 6. The zero-order chi connectivity index (χ0) is 20.2. The quantitative estimate of drug-likeness (QED) is 0.618. The summed E-state index contributed by atoms with van der Waals surface area (Å²) in [6.07, 6.45) is 7.25. The van der Waals surface area contributed by atoms with Crippen LogP contribution in [0.25, 0.3) is 21.3 Å². The van der Waals surface area contributed by atoms with Gasteiger partial charge in [-0.25, -0.2) is 14.8 Å². The summed E-state index contributed by atoms with van der Waals surface area (Å²) in [6, 6.07) is 8.19. The topological polar surface area (TPSA) is 69.5 Å². The normalized spacial score (nSPS) is 14.8. The Balaban J connectivity index is 1.52. The Bertz CT molecular complexity index is 976. The predicted molar refractivity (Wildman–Crippen MR) is 112 cm³/mol. The van der Waals surface area contributed by atoms with Crippen LogP contribution in [0, 0.1) is 0 Å². The molecule has 1 aromatic carbocycles. The van der Waals surface area contributed by atoms with E-state index >= 15 is 0 Å². The van der Waals surface area contributed by atoms with Crippen LogP contribution >= 0.6 is 11.3 Å². The molecule has 1 aliphatic rings. The van der Waals surface area contributed by atoms with Gasteiger partial charge in [-0.05, 0) is 31.9 Å². The summed E-state index contributed by atoms with van der Waals surface area (Å²) in [5.74, 6) is 1.72. The summed E-state index contributed by atoms with van der Waals surface area (Å²) >= 11 is 1.60. The first-order valence-corrected chi connectivity index (χ1v) is 10.6. The van der Waals surface area contributed by atoms with Gasteiger partial charge in [0.25, 0.3) is 0 Å². The number of ether oxygens (including phenoxy) is 2. The molecule has 29 heavy (non-hydrogen) atoms. The summed E-state index contributed by atoms with van der Waals surface area (Å²) in [7, 11) is 1.67. The van der Waals surface area contributed by atoms with Gasteiger partial charge < -0.3 is 18.9 Å². The molecule has 0 spiro atoms. The second kappa shape index (κ2) is 8.65. The number of hydrogen-bond donors (Lipinski definition) is 0. The van der Waals surface area contributed by atoms with Gasteiger partial charge in [0.15, 0.2) is 5.82 Å². The SMILES string of the molecule is CCOC(=O)N1CCC(n2ccnc2-c2cnc(-c3ccccc3OC)s2)CC1. The van der Waals surface area contributed by atoms with Crippen LogP contribution in [0.4, 0.5) is 4.79 Å². The second-order valence-electron chi connectivity index (χ2n) is 6.81. The van der Waals surface area contributed by atoms with Crippen molar-refractivity contribution in [3.63, 3.8) is 0 Å². The summed E-state index contributed by atoms with van der Waals surface area (Å²) in [6.45, 7) is 3.62. The lowest BCUT2D eigenvalue weighted by molar-refractivity contribution is 0.0928. The zero-order valence-electron chi connectivity index (χ0n) is 16.6. The molecule has 152 valence electrons. The molecule has 1 amide bonds. The molecule has 0 saturated carbocycles. The van der Waals surface area contributed by atoms with Crippen molar-refractivity contribution in [3.05, 3.63) is 42.9 Å². The number of carbonyl (C=O) groups excluding carboxylic acids is 1. The van der Waals surface area contributed by atoms with E-state index in [2.05, 4.69) is 14.5 Å². The largest absolute Gasteiger partial charge is 0.496 e. The van der Waals surface area contributed by atoms with Crippen LogP contribution in [0.15, 0.2) is 42.9 Å². The minimum Gasteiger partial charge on any atom is -0.496 e. The highest BCUT2D eigenvalue weighted by Crippen LogP contribution is 2.37. The van der Waals surface area contributed by atoms with Gasteiger partial charge in [-0.2, -0.15) is 0 Å². The van der Waals surface area contributed by atoms with Crippen LogP contribution in [-0.2, 0) is 4.74 Å². The molecule has 0 aliphatic carbocycles. The molecule has 0 atom stereocenters. The first kappa shape index (κ1) is 19.4. The average molecular weight is 413 g/mol. The van der Waals surface area contributed by atoms with Gasteiger partial charge >= 0.3 is 6.09 Å². The van der Waals surface area contributed by atoms with E-state index in [1.54, 1.807) is 23.3 Å². The predicted octanol–water partition coefficient (Wildman–Crippen LogP) is 4.48. The van der Waals surface area contributed by atoms with Gasteiger partial charge in [-0.1, -0.05) is 12.1 Å². The number of likely N-dealkylation sites (tertiary alicyclic amines) is 1. The maximum atomic E-state index is 11.9. The fraction of sp³-hybridized carbons (Fsp3) is 0.381. The number of aromatic nitrogens is 3. The second-order valence-corrected chi connectivity index (χ2v) is 7.84. The van der Waals surface area contributed by atoms with Crippen molar-refractivity contribution in [2.75, 3.05) is 26.8 Å². The lowest BCUT2D eigenvalue weighted by atomic mass is 10.1. The molecule has 2 aromatic heterocycles. The molecule has 0 bridgehead atoms. The molecule has 0 unspecified atom stereocenters. The van der Waals surface area contributed by atoms with Crippen molar-refractivity contribution in [3.8, 4) is 27.0 Å². The van der Waals surface area contributed by atoms with Crippen LogP contribution in [0.1, 0.15) is 25.8 Å². The highest BCUT2D eigenvalue weighted by molar-refractivity contribution is 7.18. The minimum atomic E-state index is -0.222. The van der Waals surface area contributed by atoms with E-state index in [0.29, 0.717) is 25.7 Å². The summed E-state index contributed by atoms with van der Waals surface area (Å²) in [5, 5.41) is 0.907. The lowest BCUT2D eigenvalue weighted by Gasteiger charge is -2.32. The Morgan fingerprint density at radius 3 is 2.79 bits per heavy atom. The molecule has 7 nitrogen and oxygen atoms in total. The molecule has 8 heteroatoms. The highest BCUT2D eigenvalue weighted by Gasteiger charge is 2.26. The maximum Gasteiger partial charge on any atom is 0.409 e. The van der Waals surface area contributed by atoms with Crippen molar-refractivity contribution < 1.29 is 14.3 Å². The monoisotopic (exact) mass is 412 g/mol. The number of piperidine rings is 1. The molecule has 0 radical (unpaired) electrons. The maximum absolute atomic E-state index is 11.9. The van der Waals surface area contributed by atoms with Crippen molar-refractivity contribution >= 4 is 17.4 Å². The number of nitrogens with zero attached hydrogens (tertiary/aromatic N) is 4. The molecular weight excluding hydrogens is 388 g/mol. The molecule has 0 N–H and O–H groups in total. The fourth-order valence-corrected chi connectivity index (χ4v) is 4.61. The number of thiazole rings is 1. The smallest absolute Gasteiger partial charge is 0.409 e. The molecule has 1 aliphatic heterocycles. The third-order valence-corrected chi connectivity index (χ3v) is 6.14. The van der Waals surface area contributed by atoms with E-state index in [9.17, 15) is 4.79 Å². The third kappa shape index (κ3) is 3.98. The van der Waals surface area contributed by atoms with Gasteiger partial charge in [0.05, 0.1) is 24.2 Å². The molecule has 3 aromatic rings. The summed E-state index contributed by atoms with van der Waals surface area (Å²) in [5.41, 5.74) is 0.979. The molecular formula is C21H24N4O3S. The van der Waals surface area contributed by atoms with E-state index in [4.69, 9.17) is 9.47 Å². The minimum absolute atomic E-state index is 0.222. The number of para-hydroxylation sites is 1. The number of methoxy groups -OCH3 is 1. The van der Waals surface area contributed by atoms with E-state index in [-0.39, 0.29) is 6.09 Å². The van der Waals surface area contributed by atoms with E-state index in [1.807, 2.05) is 49.8 Å². The number of imidazole rings is 1. The van der Waals surface area contributed by atoms with Gasteiger partial charge in [0.2, 0.25) is 0 Å². The molecule has 4 rings (SSSR count). The molecule has 3 heterocycles. The fourth-order valence-electron chi connectivity index (χ4n) is 3.66. The zero-order valence-corrected chi connectivity index (χ0v) is 17.4. The first-order valence-electron chi connectivity index (χ1n) is 9.75. The Morgan fingerprint density at radius 1 is 1.24 bits per heavy atom. The summed E-state index contributed by atoms with van der Waals surface area (Å²) in [4.78, 5) is 23.9. The first-order chi connectivity index (χ1) is 14.2. The van der Waals surface area contributed by atoms with Gasteiger partial charge in [-0.15, -0.1) is 11.3 Å². The van der Waals surface area contributed by atoms with Crippen molar-refractivity contribution in [2.24, 2.45) is 0 Å². The van der Waals surface area contributed by atoms with Gasteiger partial charge in [-0.3, -0.25) is 0 Å².